The Bertz CT molecular complexity index is 547. The molecule has 1 atom stereocenters. The Labute approximate surface area is 114 Å². The van der Waals surface area contributed by atoms with Crippen LogP contribution in [0, 0.1) is 6.92 Å². The maximum absolute atomic E-state index is 5.53. The standard InChI is InChI=1S/C14H13BrOS/c1-9-2-5-13(17-9)14(15)11-3-4-12-10(8-11)6-7-16-12/h2-5,8,14H,6-7H2,1H3. The van der Waals surface area contributed by atoms with Crippen molar-refractivity contribution in [3.63, 3.8) is 0 Å². The van der Waals surface area contributed by atoms with Crippen molar-refractivity contribution in [3.8, 4) is 5.75 Å². The van der Waals surface area contributed by atoms with Gasteiger partial charge < -0.3 is 4.74 Å². The lowest BCUT2D eigenvalue weighted by Gasteiger charge is -2.09. The summed E-state index contributed by atoms with van der Waals surface area (Å²) in [5.74, 6) is 1.05. The Morgan fingerprint density at radius 2 is 2.18 bits per heavy atom. The normalized spacial score (nSPS) is 15.4. The van der Waals surface area contributed by atoms with Gasteiger partial charge in [0.25, 0.3) is 0 Å². The van der Waals surface area contributed by atoms with Crippen LogP contribution >= 0.6 is 27.3 Å². The van der Waals surface area contributed by atoms with Gasteiger partial charge in [-0.25, -0.2) is 0 Å². The fourth-order valence-corrected chi connectivity index (χ4v) is 3.72. The van der Waals surface area contributed by atoms with Crippen molar-refractivity contribution in [3.05, 3.63) is 51.2 Å². The molecule has 1 aromatic carbocycles. The molecule has 88 valence electrons. The average Bonchev–Trinajstić information content (AvgIpc) is 2.95. The highest BCUT2D eigenvalue weighted by Crippen LogP contribution is 2.37. The van der Waals surface area contributed by atoms with Crippen LogP contribution in [-0.2, 0) is 6.42 Å². The summed E-state index contributed by atoms with van der Waals surface area (Å²) in [7, 11) is 0. The number of hydrogen-bond donors (Lipinski definition) is 0. The van der Waals surface area contributed by atoms with Gasteiger partial charge in [0, 0.05) is 16.2 Å². The van der Waals surface area contributed by atoms with Gasteiger partial charge in [0.2, 0.25) is 0 Å². The fourth-order valence-electron chi connectivity index (χ4n) is 2.12. The summed E-state index contributed by atoms with van der Waals surface area (Å²) >= 11 is 5.63. The van der Waals surface area contributed by atoms with Crippen molar-refractivity contribution in [2.24, 2.45) is 0 Å². The number of halogens is 1. The second kappa shape index (κ2) is 4.46. The third-order valence-electron chi connectivity index (χ3n) is 3.02. The van der Waals surface area contributed by atoms with E-state index in [1.165, 1.54) is 20.9 Å². The molecule has 0 N–H and O–H groups in total. The molecular weight excluding hydrogens is 296 g/mol. The van der Waals surface area contributed by atoms with Crippen molar-refractivity contribution in [2.75, 3.05) is 6.61 Å². The number of ether oxygens (including phenoxy) is 1. The van der Waals surface area contributed by atoms with Crippen LogP contribution in [0.4, 0.5) is 0 Å². The lowest BCUT2D eigenvalue weighted by molar-refractivity contribution is 0.357. The molecule has 0 bridgehead atoms. The zero-order valence-electron chi connectivity index (χ0n) is 9.57. The van der Waals surface area contributed by atoms with Gasteiger partial charge in [-0.05, 0) is 36.2 Å². The van der Waals surface area contributed by atoms with Gasteiger partial charge >= 0.3 is 0 Å². The van der Waals surface area contributed by atoms with Gasteiger partial charge in [-0.3, -0.25) is 0 Å². The van der Waals surface area contributed by atoms with Crippen molar-refractivity contribution in [1.82, 2.24) is 0 Å². The number of aryl methyl sites for hydroxylation is 1. The summed E-state index contributed by atoms with van der Waals surface area (Å²) in [6.45, 7) is 2.97. The number of alkyl halides is 1. The molecule has 1 aliphatic rings. The molecule has 0 radical (unpaired) electrons. The van der Waals surface area contributed by atoms with Crippen molar-refractivity contribution in [1.29, 1.82) is 0 Å². The largest absolute Gasteiger partial charge is 0.493 e. The van der Waals surface area contributed by atoms with Crippen molar-refractivity contribution in [2.45, 2.75) is 18.2 Å². The van der Waals surface area contributed by atoms with Crippen LogP contribution in [0.1, 0.15) is 25.7 Å². The molecule has 0 fully saturated rings. The number of rotatable bonds is 2. The van der Waals surface area contributed by atoms with E-state index in [4.69, 9.17) is 4.74 Å². The summed E-state index contributed by atoms with van der Waals surface area (Å²) < 4.78 is 5.53. The summed E-state index contributed by atoms with van der Waals surface area (Å²) in [5.41, 5.74) is 2.65. The number of benzene rings is 1. The molecule has 0 amide bonds. The zero-order chi connectivity index (χ0) is 11.8. The van der Waals surface area contributed by atoms with E-state index in [2.05, 4.69) is 53.2 Å². The minimum absolute atomic E-state index is 0.298. The molecule has 17 heavy (non-hydrogen) atoms. The van der Waals surface area contributed by atoms with Crippen LogP contribution in [0.3, 0.4) is 0 Å². The molecule has 2 heterocycles. The lowest BCUT2D eigenvalue weighted by Crippen LogP contribution is -1.90. The summed E-state index contributed by atoms with van der Waals surface area (Å²) in [5, 5.41) is 0. The maximum Gasteiger partial charge on any atom is 0.122 e. The smallest absolute Gasteiger partial charge is 0.122 e. The van der Waals surface area contributed by atoms with E-state index in [0.29, 0.717) is 4.83 Å². The third-order valence-corrected chi connectivity index (χ3v) is 5.41. The second-order valence-corrected chi connectivity index (χ2v) is 6.51. The molecule has 2 aromatic rings. The van der Waals surface area contributed by atoms with Gasteiger partial charge in [-0.15, -0.1) is 11.3 Å². The number of thiophene rings is 1. The van der Waals surface area contributed by atoms with Crippen LogP contribution in [0.25, 0.3) is 0 Å². The van der Waals surface area contributed by atoms with E-state index in [-0.39, 0.29) is 0 Å². The summed E-state index contributed by atoms with van der Waals surface area (Å²) in [6.07, 6.45) is 1.03. The van der Waals surface area contributed by atoms with E-state index in [9.17, 15) is 0 Å². The first kappa shape index (κ1) is 11.3. The summed E-state index contributed by atoms with van der Waals surface area (Å²) in [6, 6.07) is 10.9. The number of hydrogen-bond acceptors (Lipinski definition) is 2. The molecular formula is C14H13BrOS. The Morgan fingerprint density at radius 1 is 1.29 bits per heavy atom. The second-order valence-electron chi connectivity index (χ2n) is 4.28. The zero-order valence-corrected chi connectivity index (χ0v) is 12.0. The quantitative estimate of drug-likeness (QED) is 0.743. The van der Waals surface area contributed by atoms with Gasteiger partial charge in [0.15, 0.2) is 0 Å². The lowest BCUT2D eigenvalue weighted by atomic mass is 10.1. The highest BCUT2D eigenvalue weighted by atomic mass is 79.9. The molecule has 1 unspecified atom stereocenters. The predicted octanol–water partition coefficient (Wildman–Crippen LogP) is 4.48. The van der Waals surface area contributed by atoms with E-state index < -0.39 is 0 Å². The van der Waals surface area contributed by atoms with Gasteiger partial charge in [0.05, 0.1) is 11.4 Å². The molecule has 1 aromatic heterocycles. The van der Waals surface area contributed by atoms with Gasteiger partial charge in [-0.2, -0.15) is 0 Å². The summed E-state index contributed by atoms with van der Waals surface area (Å²) in [4.78, 5) is 3.02. The Morgan fingerprint density at radius 3 is 2.94 bits per heavy atom. The Kier molecular flexibility index (Phi) is 2.97. The van der Waals surface area contributed by atoms with Crippen LogP contribution in [0.15, 0.2) is 30.3 Å². The third kappa shape index (κ3) is 2.14. The van der Waals surface area contributed by atoms with E-state index in [1.807, 2.05) is 11.3 Å². The average molecular weight is 309 g/mol. The first-order valence-electron chi connectivity index (χ1n) is 5.70. The van der Waals surface area contributed by atoms with Crippen LogP contribution in [-0.4, -0.2) is 6.61 Å². The molecule has 1 nitrogen and oxygen atoms in total. The predicted molar refractivity (Wildman–Crippen MR) is 75.5 cm³/mol. The number of fused-ring (bicyclic) bond motifs is 1. The minimum Gasteiger partial charge on any atom is -0.493 e. The highest BCUT2D eigenvalue weighted by Gasteiger charge is 2.17. The fraction of sp³-hybridized carbons (Fsp3) is 0.286. The van der Waals surface area contributed by atoms with Crippen molar-refractivity contribution < 1.29 is 4.74 Å². The molecule has 0 aliphatic carbocycles. The first-order valence-corrected chi connectivity index (χ1v) is 7.43. The van der Waals surface area contributed by atoms with E-state index in [1.54, 1.807) is 0 Å². The SMILES string of the molecule is Cc1ccc(C(Br)c2ccc3c(c2)CCO3)s1. The van der Waals surface area contributed by atoms with E-state index in [0.717, 1.165) is 18.8 Å². The van der Waals surface area contributed by atoms with Crippen molar-refractivity contribution >= 4 is 27.3 Å². The molecule has 3 rings (SSSR count). The Balaban J connectivity index is 1.94. The Hall–Kier alpha value is -0.800. The monoisotopic (exact) mass is 308 g/mol. The first-order chi connectivity index (χ1) is 8.24. The maximum atomic E-state index is 5.53. The topological polar surface area (TPSA) is 9.23 Å². The minimum atomic E-state index is 0.298. The molecule has 0 saturated carbocycles. The highest BCUT2D eigenvalue weighted by molar-refractivity contribution is 9.09. The van der Waals surface area contributed by atoms with Gasteiger partial charge in [-0.1, -0.05) is 28.1 Å². The van der Waals surface area contributed by atoms with E-state index >= 15 is 0 Å². The molecule has 1 aliphatic heterocycles. The molecule has 0 spiro atoms. The molecule has 3 heteroatoms. The van der Waals surface area contributed by atoms with Crippen LogP contribution in [0.5, 0.6) is 5.75 Å². The van der Waals surface area contributed by atoms with Crippen LogP contribution < -0.4 is 4.74 Å². The molecule has 0 saturated heterocycles. The van der Waals surface area contributed by atoms with Gasteiger partial charge in [0.1, 0.15) is 5.75 Å². The van der Waals surface area contributed by atoms with Crippen LogP contribution in [0.2, 0.25) is 0 Å².